The van der Waals surface area contributed by atoms with Gasteiger partial charge in [-0.05, 0) is 0 Å². The third-order valence-electron chi connectivity index (χ3n) is 0.688. The third-order valence-corrected chi connectivity index (χ3v) is 0.688. The first kappa shape index (κ1) is 7.89. The van der Waals surface area contributed by atoms with Gasteiger partial charge in [-0.1, -0.05) is 6.07 Å². The molecule has 0 unspecified atom stereocenters. The Labute approximate surface area is 68.2 Å². The van der Waals surface area contributed by atoms with Gasteiger partial charge in [0.05, 0.1) is 0 Å². The predicted octanol–water partition coefficient (Wildman–Crippen LogP) is 0.318. The Balaban J connectivity index is 0.000000490. The van der Waals surface area contributed by atoms with E-state index in [0.717, 1.165) is 4.73 Å². The van der Waals surface area contributed by atoms with Crippen LogP contribution in [-0.2, 0) is 27.7 Å². The molecule has 1 rings (SSSR count). The van der Waals surface area contributed by atoms with Crippen LogP contribution < -0.4 is 4.73 Å². The van der Waals surface area contributed by atoms with Crippen LogP contribution in [0.5, 0.6) is 0 Å². The minimum Gasteiger partial charge on any atom is -0.619 e. The minimum absolute atomic E-state index is 0. The quantitative estimate of drug-likeness (QED) is 0.385. The largest absolute Gasteiger partial charge is 0.619 e. The summed E-state index contributed by atoms with van der Waals surface area (Å²) in [6, 6.07) is 5.18. The molecule has 38 valence electrons. The number of nitrogens with zero attached hydrogens (tertiary/aromatic N) is 1. The Hall–Kier alpha value is -0.115. The first-order valence-corrected chi connectivity index (χ1v) is 2.03. The van der Waals surface area contributed by atoms with Crippen LogP contribution in [0, 0.1) is 5.21 Å². The number of hydrogen-bond donors (Lipinski definition) is 0. The molecule has 1 aromatic heterocycles. The summed E-state index contributed by atoms with van der Waals surface area (Å²) in [7, 11) is 0. The molecule has 0 saturated heterocycles. The van der Waals surface area contributed by atoms with E-state index in [2.05, 4.69) is 0 Å². The zero-order chi connectivity index (χ0) is 5.11. The fourth-order valence-electron chi connectivity index (χ4n) is 0.383. The Morgan fingerprint density at radius 2 is 1.50 bits per heavy atom. The fourth-order valence-corrected chi connectivity index (χ4v) is 0.383. The summed E-state index contributed by atoms with van der Waals surface area (Å²) in [5.41, 5.74) is 0. The molecule has 0 saturated carbocycles. The van der Waals surface area contributed by atoms with Crippen LogP contribution in [0.4, 0.5) is 0 Å². The average molecular weight is 296 g/mol. The monoisotopic (exact) mass is 297 g/mol. The van der Waals surface area contributed by atoms with Gasteiger partial charge in [-0.25, -0.2) is 0 Å². The van der Waals surface area contributed by atoms with Gasteiger partial charge in [-0.3, -0.25) is 0 Å². The molecule has 0 aromatic carbocycles. The van der Waals surface area contributed by atoms with E-state index < -0.39 is 0 Å². The zero-order valence-corrected chi connectivity index (χ0v) is 9.95. The van der Waals surface area contributed by atoms with Crippen molar-refractivity contribution >= 4 is 0 Å². The number of aromatic nitrogens is 1. The molecule has 0 spiro atoms. The van der Waals surface area contributed by atoms with Crippen molar-refractivity contribution in [3.05, 3.63) is 35.8 Å². The molecule has 3 heteroatoms. The van der Waals surface area contributed by atoms with Crippen LogP contribution in [0.2, 0.25) is 0 Å². The van der Waals surface area contributed by atoms with E-state index in [1.165, 1.54) is 12.4 Å². The molecule has 0 aliphatic carbocycles. The van der Waals surface area contributed by atoms with Gasteiger partial charge in [-0.2, -0.15) is 4.73 Å². The van der Waals surface area contributed by atoms with Gasteiger partial charge >= 0.3 is 0 Å². The molecule has 8 heavy (non-hydrogen) atoms. The summed E-state index contributed by atoms with van der Waals surface area (Å²) >= 11 is 0. The Morgan fingerprint density at radius 3 is 1.75 bits per heavy atom. The molecular weight excluding hydrogens is 291 g/mol. The first-order valence-electron chi connectivity index (χ1n) is 2.03. The zero-order valence-electron chi connectivity index (χ0n) is 4.45. The number of rotatable bonds is 0. The summed E-state index contributed by atoms with van der Waals surface area (Å²) < 4.78 is 0.750. The summed E-state index contributed by atoms with van der Waals surface area (Å²) in [5, 5.41) is 10.2. The summed E-state index contributed by atoms with van der Waals surface area (Å²) in [5.74, 6) is 0. The first-order chi connectivity index (χ1) is 3.39. The summed E-state index contributed by atoms with van der Waals surface area (Å²) in [6.45, 7) is 0. The molecule has 0 radical (unpaired) electrons. The van der Waals surface area contributed by atoms with E-state index >= 15 is 0 Å². The van der Waals surface area contributed by atoms with E-state index in [0.29, 0.717) is 0 Å². The van der Waals surface area contributed by atoms with Crippen molar-refractivity contribution in [2.45, 2.75) is 0 Å². The van der Waals surface area contributed by atoms with E-state index in [9.17, 15) is 5.21 Å². The van der Waals surface area contributed by atoms with Crippen LogP contribution in [0.25, 0.3) is 0 Å². The SMILES string of the molecule is [Hg].[O-][n+]1ccccc1. The van der Waals surface area contributed by atoms with Gasteiger partial charge in [0.2, 0.25) is 0 Å². The molecule has 0 bridgehead atoms. The van der Waals surface area contributed by atoms with Gasteiger partial charge in [-0.15, -0.1) is 0 Å². The Kier molecular flexibility index (Phi) is 3.78. The molecule has 0 aliphatic rings. The van der Waals surface area contributed by atoms with Crippen molar-refractivity contribution in [1.82, 2.24) is 0 Å². The van der Waals surface area contributed by atoms with Crippen molar-refractivity contribution in [3.63, 3.8) is 0 Å². The maximum absolute atomic E-state index is 10.2. The smallest absolute Gasteiger partial charge is 0.180 e. The topological polar surface area (TPSA) is 26.9 Å². The standard InChI is InChI=1S/C5H5NO.Hg/c7-6-4-2-1-3-5-6;/h1-5H;. The molecular formula is C5H5HgNO. The average Bonchev–Trinajstić information content (AvgIpc) is 1.69. The van der Waals surface area contributed by atoms with Gasteiger partial charge in [0.15, 0.2) is 12.4 Å². The molecule has 0 atom stereocenters. The van der Waals surface area contributed by atoms with Crippen molar-refractivity contribution in [2.24, 2.45) is 0 Å². The molecule has 0 amide bonds. The van der Waals surface area contributed by atoms with Crippen LogP contribution >= 0.6 is 0 Å². The molecule has 1 heterocycles. The van der Waals surface area contributed by atoms with Crippen LogP contribution in [0.3, 0.4) is 0 Å². The fraction of sp³-hybridized carbons (Fsp3) is 0. The second-order valence-corrected chi connectivity index (χ2v) is 1.24. The van der Waals surface area contributed by atoms with Crippen molar-refractivity contribution in [3.8, 4) is 0 Å². The third kappa shape index (κ3) is 2.26. The minimum atomic E-state index is 0. The van der Waals surface area contributed by atoms with Gasteiger partial charge < -0.3 is 5.21 Å². The normalized spacial score (nSPS) is 7.50. The Morgan fingerprint density at radius 1 is 1.00 bits per heavy atom. The van der Waals surface area contributed by atoms with Crippen LogP contribution in [0.15, 0.2) is 30.6 Å². The van der Waals surface area contributed by atoms with Crippen molar-refractivity contribution in [2.75, 3.05) is 0 Å². The van der Waals surface area contributed by atoms with Gasteiger partial charge in [0.25, 0.3) is 0 Å². The molecule has 1 aromatic rings. The molecule has 0 fully saturated rings. The predicted molar refractivity (Wildman–Crippen MR) is 25.4 cm³/mol. The molecule has 0 N–H and O–H groups in total. The van der Waals surface area contributed by atoms with Gasteiger partial charge in [0.1, 0.15) is 0 Å². The van der Waals surface area contributed by atoms with E-state index in [-0.39, 0.29) is 27.7 Å². The van der Waals surface area contributed by atoms with Crippen LogP contribution in [-0.4, -0.2) is 0 Å². The molecule has 2 nitrogen and oxygen atoms in total. The summed E-state index contributed by atoms with van der Waals surface area (Å²) in [6.07, 6.45) is 2.89. The van der Waals surface area contributed by atoms with Gasteiger partial charge in [0, 0.05) is 39.8 Å². The number of pyridine rings is 1. The number of hydrogen-bond acceptors (Lipinski definition) is 1. The van der Waals surface area contributed by atoms with E-state index in [4.69, 9.17) is 0 Å². The van der Waals surface area contributed by atoms with Crippen LogP contribution in [0.1, 0.15) is 0 Å². The maximum atomic E-state index is 10.2. The molecule has 0 aliphatic heterocycles. The van der Waals surface area contributed by atoms with Crippen molar-refractivity contribution in [1.29, 1.82) is 0 Å². The second-order valence-electron chi connectivity index (χ2n) is 1.24. The van der Waals surface area contributed by atoms with Crippen molar-refractivity contribution < 1.29 is 32.4 Å². The van der Waals surface area contributed by atoms with E-state index in [1.807, 2.05) is 0 Å². The summed E-state index contributed by atoms with van der Waals surface area (Å²) in [4.78, 5) is 0. The second kappa shape index (κ2) is 3.84. The van der Waals surface area contributed by atoms with E-state index in [1.54, 1.807) is 18.2 Å². The maximum Gasteiger partial charge on any atom is 0.180 e. The Bertz CT molecular complexity index is 142.